The molecule has 0 saturated carbocycles. The lowest BCUT2D eigenvalue weighted by atomic mass is 10.1. The van der Waals surface area contributed by atoms with Crippen LogP contribution in [0.2, 0.25) is 0 Å². The summed E-state index contributed by atoms with van der Waals surface area (Å²) in [6.07, 6.45) is -6.85. The molecule has 6 nitrogen and oxygen atoms in total. The van der Waals surface area contributed by atoms with Crippen molar-refractivity contribution in [2.24, 2.45) is 0 Å². The van der Waals surface area contributed by atoms with Crippen molar-refractivity contribution in [3.63, 3.8) is 0 Å². The first-order chi connectivity index (χ1) is 15.1. The van der Waals surface area contributed by atoms with Gasteiger partial charge in [0.2, 0.25) is 0 Å². The van der Waals surface area contributed by atoms with Gasteiger partial charge in [0.05, 0.1) is 12.3 Å². The molecule has 1 heterocycles. The number of benzene rings is 2. The van der Waals surface area contributed by atoms with Crippen LogP contribution in [0.1, 0.15) is 12.5 Å². The minimum absolute atomic E-state index is 0.284. The fourth-order valence-corrected chi connectivity index (χ4v) is 2.49. The van der Waals surface area contributed by atoms with Crippen molar-refractivity contribution in [1.29, 1.82) is 0 Å². The zero-order chi connectivity index (χ0) is 23.4. The standard InChI is InChI=1S/C21H16F5N3O3/c1-2-31-18(30)12-5-14-3-6-15(7-4-14)19-27-13-29(28-19)16-8-10-17(11-9-16)32-21(25,26)20(22,23)24/h3-13H,2H2,1H3/b12-5+. The molecule has 0 fully saturated rings. The van der Waals surface area contributed by atoms with Gasteiger partial charge in [0.15, 0.2) is 5.82 Å². The highest BCUT2D eigenvalue weighted by molar-refractivity contribution is 5.87. The number of hydrogen-bond donors (Lipinski definition) is 0. The number of halogens is 5. The van der Waals surface area contributed by atoms with Crippen LogP contribution in [-0.2, 0) is 9.53 Å². The van der Waals surface area contributed by atoms with Gasteiger partial charge in [-0.2, -0.15) is 22.0 Å². The molecule has 3 rings (SSSR count). The molecule has 168 valence electrons. The molecule has 0 bridgehead atoms. The van der Waals surface area contributed by atoms with Crippen LogP contribution in [0.3, 0.4) is 0 Å². The number of alkyl halides is 5. The maximum absolute atomic E-state index is 13.0. The van der Waals surface area contributed by atoms with Gasteiger partial charge < -0.3 is 9.47 Å². The Morgan fingerprint density at radius 1 is 1.03 bits per heavy atom. The van der Waals surface area contributed by atoms with Gasteiger partial charge in [0, 0.05) is 11.6 Å². The van der Waals surface area contributed by atoms with Gasteiger partial charge in [-0.1, -0.05) is 24.3 Å². The number of ether oxygens (including phenoxy) is 2. The van der Waals surface area contributed by atoms with E-state index >= 15 is 0 Å². The lowest BCUT2D eigenvalue weighted by molar-refractivity contribution is -0.360. The Balaban J connectivity index is 1.70. The average molecular weight is 453 g/mol. The predicted molar refractivity (Wildman–Crippen MR) is 104 cm³/mol. The monoisotopic (exact) mass is 453 g/mol. The van der Waals surface area contributed by atoms with E-state index in [2.05, 4.69) is 14.8 Å². The van der Waals surface area contributed by atoms with Crippen molar-refractivity contribution in [2.45, 2.75) is 19.2 Å². The summed E-state index contributed by atoms with van der Waals surface area (Å²) in [7, 11) is 0. The van der Waals surface area contributed by atoms with Crippen LogP contribution in [0.15, 0.2) is 60.9 Å². The largest absolute Gasteiger partial charge is 0.499 e. The topological polar surface area (TPSA) is 66.2 Å². The zero-order valence-corrected chi connectivity index (χ0v) is 16.5. The first kappa shape index (κ1) is 22.9. The summed E-state index contributed by atoms with van der Waals surface area (Å²) in [4.78, 5) is 15.5. The van der Waals surface area contributed by atoms with E-state index in [1.54, 1.807) is 37.3 Å². The number of esters is 1. The second-order valence-corrected chi connectivity index (χ2v) is 6.33. The van der Waals surface area contributed by atoms with E-state index in [1.807, 2.05) is 0 Å². The second-order valence-electron chi connectivity index (χ2n) is 6.33. The van der Waals surface area contributed by atoms with Crippen LogP contribution in [-0.4, -0.2) is 39.6 Å². The Labute approximate surface area is 178 Å². The molecule has 1 aromatic heterocycles. The summed E-state index contributed by atoms with van der Waals surface area (Å²) in [6, 6.07) is 11.5. The normalized spacial score (nSPS) is 12.2. The highest BCUT2D eigenvalue weighted by Gasteiger charge is 2.61. The second kappa shape index (κ2) is 9.16. The van der Waals surface area contributed by atoms with E-state index in [0.29, 0.717) is 17.1 Å². The van der Waals surface area contributed by atoms with E-state index in [0.717, 1.165) is 17.7 Å². The number of aromatic nitrogens is 3. The maximum atomic E-state index is 13.0. The number of hydrogen-bond acceptors (Lipinski definition) is 5. The van der Waals surface area contributed by atoms with Gasteiger partial charge in [0.25, 0.3) is 0 Å². The molecule has 2 aromatic carbocycles. The smallest absolute Gasteiger partial charge is 0.463 e. The summed E-state index contributed by atoms with van der Waals surface area (Å²) in [5.74, 6) is -0.742. The van der Waals surface area contributed by atoms with Crippen molar-refractivity contribution in [2.75, 3.05) is 6.61 Å². The van der Waals surface area contributed by atoms with Gasteiger partial charge in [-0.15, -0.1) is 5.10 Å². The Morgan fingerprint density at radius 2 is 1.69 bits per heavy atom. The molecule has 11 heteroatoms. The van der Waals surface area contributed by atoms with Crippen molar-refractivity contribution in [3.8, 4) is 22.8 Å². The molecule has 0 N–H and O–H groups in total. The van der Waals surface area contributed by atoms with Gasteiger partial charge >= 0.3 is 18.3 Å². The summed E-state index contributed by atoms with van der Waals surface area (Å²) >= 11 is 0. The van der Waals surface area contributed by atoms with Crippen LogP contribution in [0.5, 0.6) is 5.75 Å². The highest BCUT2D eigenvalue weighted by atomic mass is 19.4. The van der Waals surface area contributed by atoms with Gasteiger partial charge in [0.1, 0.15) is 12.1 Å². The van der Waals surface area contributed by atoms with E-state index in [9.17, 15) is 26.7 Å². The van der Waals surface area contributed by atoms with Crippen molar-refractivity contribution < 1.29 is 36.2 Å². The number of carbonyl (C=O) groups is 1. The molecular formula is C21H16F5N3O3. The van der Waals surface area contributed by atoms with Crippen LogP contribution >= 0.6 is 0 Å². The zero-order valence-electron chi connectivity index (χ0n) is 16.5. The van der Waals surface area contributed by atoms with Crippen molar-refractivity contribution >= 4 is 12.0 Å². The Morgan fingerprint density at radius 3 is 2.28 bits per heavy atom. The number of carbonyl (C=O) groups excluding carboxylic acids is 1. The Hall–Kier alpha value is -3.76. The molecular weight excluding hydrogens is 437 g/mol. The predicted octanol–water partition coefficient (Wildman–Crippen LogP) is 5.04. The summed E-state index contributed by atoms with van der Waals surface area (Å²) in [5.41, 5.74) is 1.80. The molecule has 32 heavy (non-hydrogen) atoms. The molecule has 0 amide bonds. The lowest BCUT2D eigenvalue weighted by Gasteiger charge is -2.20. The maximum Gasteiger partial charge on any atom is 0.499 e. The Bertz CT molecular complexity index is 1090. The first-order valence-corrected chi connectivity index (χ1v) is 9.20. The number of nitrogens with zero attached hydrogens (tertiary/aromatic N) is 3. The molecule has 0 saturated heterocycles. The minimum atomic E-state index is -5.82. The fraction of sp³-hybridized carbons (Fsp3) is 0.190. The first-order valence-electron chi connectivity index (χ1n) is 9.20. The third-order valence-electron chi connectivity index (χ3n) is 4.04. The van der Waals surface area contributed by atoms with Crippen molar-refractivity contribution in [1.82, 2.24) is 14.8 Å². The molecule has 0 atom stereocenters. The third-order valence-corrected chi connectivity index (χ3v) is 4.04. The van der Waals surface area contributed by atoms with Crippen LogP contribution < -0.4 is 4.74 Å². The SMILES string of the molecule is CCOC(=O)/C=C/c1ccc(-c2ncn(-c3ccc(OC(F)(F)C(F)(F)F)cc3)n2)cc1. The fourth-order valence-electron chi connectivity index (χ4n) is 2.49. The minimum Gasteiger partial charge on any atom is -0.463 e. The van der Waals surface area contributed by atoms with Crippen LogP contribution in [0, 0.1) is 0 Å². The molecule has 0 unspecified atom stereocenters. The average Bonchev–Trinajstić information content (AvgIpc) is 3.22. The van der Waals surface area contributed by atoms with E-state index < -0.39 is 24.0 Å². The summed E-state index contributed by atoms with van der Waals surface area (Å²) in [6.45, 7) is 1.99. The molecule has 0 radical (unpaired) electrons. The Kier molecular flexibility index (Phi) is 6.56. The molecule has 0 aliphatic rings. The highest BCUT2D eigenvalue weighted by Crippen LogP contribution is 2.37. The van der Waals surface area contributed by atoms with Crippen molar-refractivity contribution in [3.05, 3.63) is 66.5 Å². The quantitative estimate of drug-likeness (QED) is 0.285. The lowest BCUT2D eigenvalue weighted by Crippen LogP contribution is -2.41. The molecule has 0 aliphatic heterocycles. The molecule has 0 spiro atoms. The van der Waals surface area contributed by atoms with E-state index in [1.165, 1.54) is 29.2 Å². The summed E-state index contributed by atoms with van der Waals surface area (Å²) in [5, 5.41) is 4.27. The van der Waals surface area contributed by atoms with Gasteiger partial charge in [-0.3, -0.25) is 0 Å². The number of rotatable bonds is 7. The van der Waals surface area contributed by atoms with Gasteiger partial charge in [-0.25, -0.2) is 14.5 Å². The van der Waals surface area contributed by atoms with E-state index in [-0.39, 0.29) is 6.61 Å². The summed E-state index contributed by atoms with van der Waals surface area (Å²) < 4.78 is 72.6. The third kappa shape index (κ3) is 5.48. The van der Waals surface area contributed by atoms with E-state index in [4.69, 9.17) is 4.74 Å². The van der Waals surface area contributed by atoms with Gasteiger partial charge in [-0.05, 0) is 42.8 Å². The van der Waals surface area contributed by atoms with Crippen LogP contribution in [0.25, 0.3) is 23.2 Å². The molecule has 0 aliphatic carbocycles. The molecule has 3 aromatic rings. The van der Waals surface area contributed by atoms with Crippen LogP contribution in [0.4, 0.5) is 22.0 Å².